The molecule has 0 radical (unpaired) electrons. The van der Waals surface area contributed by atoms with Gasteiger partial charge in [0, 0.05) is 18.0 Å². The maximum Gasteiger partial charge on any atom is 0.220 e. The Kier molecular flexibility index (Phi) is 6.31. The molecule has 1 aromatic carbocycles. The number of nitrogens with one attached hydrogen (secondary N) is 1. The second-order valence-corrected chi connectivity index (χ2v) is 6.61. The van der Waals surface area contributed by atoms with Crippen molar-refractivity contribution < 1.29 is 18.8 Å². The predicted octanol–water partition coefficient (Wildman–Crippen LogP) is 3.55. The molecule has 6 heteroatoms. The number of hydrogen-bond acceptors (Lipinski definition) is 4. The maximum absolute atomic E-state index is 12.9. The molecule has 0 saturated carbocycles. The van der Waals surface area contributed by atoms with E-state index in [1.165, 1.54) is 12.1 Å². The zero-order chi connectivity index (χ0) is 18.6. The molecular formula is C19H25FN2O3. The summed E-state index contributed by atoms with van der Waals surface area (Å²) in [6.45, 7) is 7.50. The Hall–Kier alpha value is -2.21. The summed E-state index contributed by atoms with van der Waals surface area (Å²) in [5, 5.41) is 17.0. The summed E-state index contributed by atoms with van der Waals surface area (Å²) in [4.78, 5) is 12.3. The monoisotopic (exact) mass is 348 g/mol. The van der Waals surface area contributed by atoms with E-state index in [0.717, 1.165) is 17.0 Å². The summed E-state index contributed by atoms with van der Waals surface area (Å²) in [7, 11) is 0. The highest BCUT2D eigenvalue weighted by molar-refractivity contribution is 5.77. The van der Waals surface area contributed by atoms with Crippen LogP contribution in [0, 0.1) is 19.7 Å². The lowest BCUT2D eigenvalue weighted by molar-refractivity contribution is -0.122. The molecule has 3 unspecified atom stereocenters. The Balaban J connectivity index is 1.86. The molecule has 5 nitrogen and oxygen atoms in total. The number of hydrogen-bond donors (Lipinski definition) is 2. The van der Waals surface area contributed by atoms with Crippen LogP contribution in [0.2, 0.25) is 0 Å². The topological polar surface area (TPSA) is 75.4 Å². The van der Waals surface area contributed by atoms with Crippen molar-refractivity contribution >= 4 is 5.91 Å². The molecule has 2 rings (SSSR count). The van der Waals surface area contributed by atoms with E-state index in [0.29, 0.717) is 18.4 Å². The van der Waals surface area contributed by atoms with Gasteiger partial charge in [-0.1, -0.05) is 24.2 Å². The number of halogens is 1. The minimum Gasteiger partial charge on any atom is -0.388 e. The number of carbonyl (C=O) groups is 1. The van der Waals surface area contributed by atoms with Gasteiger partial charge in [-0.25, -0.2) is 4.39 Å². The minimum absolute atomic E-state index is 0.000437. The first-order valence-electron chi connectivity index (χ1n) is 8.43. The molecule has 2 N–H and O–H groups in total. The van der Waals surface area contributed by atoms with Crippen molar-refractivity contribution in [2.75, 3.05) is 0 Å². The van der Waals surface area contributed by atoms with E-state index in [1.54, 1.807) is 12.1 Å². The predicted molar refractivity (Wildman–Crippen MR) is 92.6 cm³/mol. The van der Waals surface area contributed by atoms with Crippen LogP contribution in [0.1, 0.15) is 61.3 Å². The van der Waals surface area contributed by atoms with Gasteiger partial charge in [-0.2, -0.15) is 0 Å². The van der Waals surface area contributed by atoms with Crippen LogP contribution in [0.25, 0.3) is 0 Å². The normalized spacial score (nSPS) is 14.8. The van der Waals surface area contributed by atoms with Crippen LogP contribution in [0.15, 0.2) is 28.8 Å². The van der Waals surface area contributed by atoms with E-state index in [4.69, 9.17) is 4.52 Å². The van der Waals surface area contributed by atoms with Gasteiger partial charge in [-0.15, -0.1) is 0 Å². The van der Waals surface area contributed by atoms with Gasteiger partial charge in [0.25, 0.3) is 0 Å². The highest BCUT2D eigenvalue weighted by Crippen LogP contribution is 2.26. The van der Waals surface area contributed by atoms with Crippen molar-refractivity contribution in [1.29, 1.82) is 0 Å². The number of carbonyl (C=O) groups excluding carboxylic acids is 1. The van der Waals surface area contributed by atoms with Gasteiger partial charge in [0.15, 0.2) is 0 Å². The van der Waals surface area contributed by atoms with Crippen molar-refractivity contribution in [1.82, 2.24) is 10.5 Å². The van der Waals surface area contributed by atoms with E-state index in [9.17, 15) is 14.3 Å². The Labute approximate surface area is 147 Å². The second-order valence-electron chi connectivity index (χ2n) is 6.61. The molecule has 0 aliphatic rings. The molecule has 25 heavy (non-hydrogen) atoms. The molecule has 0 saturated heterocycles. The molecular weight excluding hydrogens is 323 g/mol. The van der Waals surface area contributed by atoms with Gasteiger partial charge in [0.2, 0.25) is 5.91 Å². The van der Waals surface area contributed by atoms with E-state index in [2.05, 4.69) is 10.5 Å². The molecule has 0 aliphatic carbocycles. The standard InChI is InChI=1S/C19H25FN2O3/c1-11(19-13(3)22-25-14(19)4)9-18(24)21-12(2)10-17(23)15-5-7-16(20)8-6-15/h5-8,11-12,17,23H,9-10H2,1-4H3,(H,21,24). The highest BCUT2D eigenvalue weighted by atomic mass is 19.1. The Bertz CT molecular complexity index is 692. The lowest BCUT2D eigenvalue weighted by Gasteiger charge is -2.19. The molecule has 1 aromatic heterocycles. The molecule has 2 aromatic rings. The average molecular weight is 348 g/mol. The molecule has 0 aliphatic heterocycles. The Morgan fingerprint density at radius 2 is 1.92 bits per heavy atom. The second kappa shape index (κ2) is 8.25. The van der Waals surface area contributed by atoms with Crippen LogP contribution in [-0.2, 0) is 4.79 Å². The highest BCUT2D eigenvalue weighted by Gasteiger charge is 2.21. The summed E-state index contributed by atoms with van der Waals surface area (Å²) in [5.41, 5.74) is 2.40. The van der Waals surface area contributed by atoms with E-state index in [1.807, 2.05) is 27.7 Å². The number of amides is 1. The summed E-state index contributed by atoms with van der Waals surface area (Å²) in [6.07, 6.45) is -0.0763. The van der Waals surface area contributed by atoms with Crippen molar-refractivity contribution in [3.05, 3.63) is 52.7 Å². The van der Waals surface area contributed by atoms with Crippen molar-refractivity contribution in [2.45, 2.75) is 58.6 Å². The van der Waals surface area contributed by atoms with Crippen LogP contribution in [0.5, 0.6) is 0 Å². The number of aliphatic hydroxyl groups is 1. The number of nitrogens with zero attached hydrogens (tertiary/aromatic N) is 1. The molecule has 0 spiro atoms. The third-order valence-electron chi connectivity index (χ3n) is 4.31. The van der Waals surface area contributed by atoms with Crippen molar-refractivity contribution in [3.63, 3.8) is 0 Å². The SMILES string of the molecule is Cc1noc(C)c1C(C)CC(=O)NC(C)CC(O)c1ccc(F)cc1. The first kappa shape index (κ1) is 19.1. The van der Waals surface area contributed by atoms with Gasteiger partial charge in [0.1, 0.15) is 11.6 Å². The fourth-order valence-electron chi connectivity index (χ4n) is 3.12. The van der Waals surface area contributed by atoms with Crippen molar-refractivity contribution in [3.8, 4) is 0 Å². The fraction of sp³-hybridized carbons (Fsp3) is 0.474. The van der Waals surface area contributed by atoms with E-state index < -0.39 is 6.10 Å². The van der Waals surface area contributed by atoms with Crippen molar-refractivity contribution in [2.24, 2.45) is 0 Å². The minimum atomic E-state index is -0.754. The molecule has 1 heterocycles. The van der Waals surface area contributed by atoms with Crippen LogP contribution >= 0.6 is 0 Å². The van der Waals surface area contributed by atoms with Crippen LogP contribution in [0.3, 0.4) is 0 Å². The number of aromatic nitrogens is 1. The molecule has 0 bridgehead atoms. The summed E-state index contributed by atoms with van der Waals surface area (Å²) in [6, 6.07) is 5.52. The number of aryl methyl sites for hydroxylation is 2. The fourth-order valence-corrected chi connectivity index (χ4v) is 3.12. The van der Waals surface area contributed by atoms with Gasteiger partial charge < -0.3 is 14.9 Å². The number of rotatable bonds is 7. The maximum atomic E-state index is 12.9. The molecule has 136 valence electrons. The summed E-state index contributed by atoms with van der Waals surface area (Å²) >= 11 is 0. The first-order valence-corrected chi connectivity index (χ1v) is 8.43. The zero-order valence-corrected chi connectivity index (χ0v) is 15.0. The van der Waals surface area contributed by atoms with Crippen LogP contribution in [0.4, 0.5) is 4.39 Å². The smallest absolute Gasteiger partial charge is 0.220 e. The van der Waals surface area contributed by atoms with E-state index >= 15 is 0 Å². The summed E-state index contributed by atoms with van der Waals surface area (Å²) in [5.74, 6) is 0.301. The largest absolute Gasteiger partial charge is 0.388 e. The lowest BCUT2D eigenvalue weighted by Crippen LogP contribution is -2.34. The van der Waals surface area contributed by atoms with Crippen LogP contribution < -0.4 is 5.32 Å². The third-order valence-corrected chi connectivity index (χ3v) is 4.31. The summed E-state index contributed by atoms with van der Waals surface area (Å²) < 4.78 is 18.1. The molecule has 3 atom stereocenters. The zero-order valence-electron chi connectivity index (χ0n) is 15.0. The average Bonchev–Trinajstić information content (AvgIpc) is 2.86. The molecule has 0 fully saturated rings. The number of aliphatic hydroxyl groups excluding tert-OH is 1. The Morgan fingerprint density at radius 3 is 2.48 bits per heavy atom. The van der Waals surface area contributed by atoms with Gasteiger partial charge in [-0.3, -0.25) is 4.79 Å². The van der Waals surface area contributed by atoms with Gasteiger partial charge >= 0.3 is 0 Å². The lowest BCUT2D eigenvalue weighted by atomic mass is 9.95. The van der Waals surface area contributed by atoms with Gasteiger partial charge in [-0.05, 0) is 50.8 Å². The first-order chi connectivity index (χ1) is 11.8. The third kappa shape index (κ3) is 5.13. The van der Waals surface area contributed by atoms with E-state index in [-0.39, 0.29) is 23.7 Å². The Morgan fingerprint density at radius 1 is 1.28 bits per heavy atom. The molecule has 1 amide bonds. The van der Waals surface area contributed by atoms with Crippen LogP contribution in [-0.4, -0.2) is 22.2 Å². The quantitative estimate of drug-likeness (QED) is 0.802. The van der Waals surface area contributed by atoms with Gasteiger partial charge in [0.05, 0.1) is 11.8 Å². The number of benzene rings is 1.